The molecule has 0 fully saturated rings. The van der Waals surface area contributed by atoms with Crippen LogP contribution in [0.15, 0.2) is 54.6 Å². The predicted molar refractivity (Wildman–Crippen MR) is 123 cm³/mol. The number of aromatic nitrogens is 1. The van der Waals surface area contributed by atoms with E-state index < -0.39 is 11.8 Å². The number of Topliss-reactive ketones (excluding diaryl/α,β-unsaturated/α-hetero) is 2. The fourth-order valence-corrected chi connectivity index (χ4v) is 3.76. The maximum absolute atomic E-state index is 13.0. The second-order valence-corrected chi connectivity index (χ2v) is 8.26. The molecule has 5 nitrogen and oxygen atoms in total. The molecule has 1 N–H and O–H groups in total. The lowest BCUT2D eigenvalue weighted by molar-refractivity contribution is -0.129. The molecule has 1 amide bonds. The lowest BCUT2D eigenvalue weighted by Crippen LogP contribution is -2.30. The highest BCUT2D eigenvalue weighted by molar-refractivity contribution is 6.31. The van der Waals surface area contributed by atoms with E-state index >= 15 is 0 Å². The molecule has 0 aliphatic heterocycles. The molecule has 1 heterocycles. The summed E-state index contributed by atoms with van der Waals surface area (Å²) in [5.74, 6) is -2.23. The van der Waals surface area contributed by atoms with Crippen molar-refractivity contribution in [3.8, 4) is 5.69 Å². The van der Waals surface area contributed by atoms with E-state index in [2.05, 4.69) is 5.32 Å². The third kappa shape index (κ3) is 5.24. The maximum Gasteiger partial charge on any atom is 0.235 e. The minimum Gasteiger partial charge on any atom is -0.325 e. The second kappa shape index (κ2) is 9.50. The Balaban J connectivity index is 1.82. The molecular weight excluding hydrogens is 435 g/mol. The number of hydrogen-bond acceptors (Lipinski definition) is 3. The monoisotopic (exact) mass is 456 g/mol. The number of rotatable bonds is 7. The van der Waals surface area contributed by atoms with E-state index in [-0.39, 0.29) is 18.0 Å². The Kier molecular flexibility index (Phi) is 6.98. The van der Waals surface area contributed by atoms with Crippen LogP contribution in [0.5, 0.6) is 0 Å². The minimum absolute atomic E-state index is 0.209. The van der Waals surface area contributed by atoms with Crippen LogP contribution in [-0.4, -0.2) is 22.0 Å². The number of aryl methyl sites for hydroxylation is 1. The number of nitrogens with zero attached hydrogens (tertiary/aromatic N) is 1. The molecule has 0 aliphatic rings. The summed E-state index contributed by atoms with van der Waals surface area (Å²) in [6.45, 7) is 5.05. The second-order valence-electron chi connectivity index (χ2n) is 7.38. The first-order valence-corrected chi connectivity index (χ1v) is 10.5. The molecule has 1 unspecified atom stereocenters. The largest absolute Gasteiger partial charge is 0.325 e. The van der Waals surface area contributed by atoms with Gasteiger partial charge in [0.25, 0.3) is 0 Å². The van der Waals surface area contributed by atoms with Crippen LogP contribution in [0.3, 0.4) is 0 Å². The van der Waals surface area contributed by atoms with Crippen molar-refractivity contribution in [3.05, 3.63) is 81.6 Å². The van der Waals surface area contributed by atoms with Gasteiger partial charge in [0, 0.05) is 44.8 Å². The fourth-order valence-electron chi connectivity index (χ4n) is 3.51. The van der Waals surface area contributed by atoms with Crippen LogP contribution in [0.4, 0.5) is 5.69 Å². The first kappa shape index (κ1) is 22.8. The Bertz CT molecular complexity index is 1130. The number of benzene rings is 2. The van der Waals surface area contributed by atoms with Gasteiger partial charge in [-0.3, -0.25) is 14.4 Å². The minimum atomic E-state index is -1.08. The van der Waals surface area contributed by atoms with Gasteiger partial charge in [-0.1, -0.05) is 23.2 Å². The highest BCUT2D eigenvalue weighted by Gasteiger charge is 2.28. The van der Waals surface area contributed by atoms with E-state index in [0.717, 1.165) is 17.1 Å². The van der Waals surface area contributed by atoms with E-state index in [0.29, 0.717) is 21.3 Å². The van der Waals surface area contributed by atoms with Crippen LogP contribution in [-0.2, 0) is 9.59 Å². The standard InChI is InChI=1S/C24H22Cl2N2O3/c1-14-12-21(15(2)28(14)20-10-6-18(26)7-11-20)23(30)13-22(16(3)29)24(31)27-19-8-4-17(25)5-9-19/h4-12,22H,13H2,1-3H3,(H,27,31). The molecule has 0 saturated carbocycles. The highest BCUT2D eigenvalue weighted by atomic mass is 35.5. The van der Waals surface area contributed by atoms with Crippen LogP contribution in [0.1, 0.15) is 35.1 Å². The van der Waals surface area contributed by atoms with Gasteiger partial charge in [-0.15, -0.1) is 0 Å². The molecule has 2 aromatic carbocycles. The number of anilines is 1. The topological polar surface area (TPSA) is 68.2 Å². The van der Waals surface area contributed by atoms with Gasteiger partial charge >= 0.3 is 0 Å². The Morgan fingerprint density at radius 3 is 2.03 bits per heavy atom. The summed E-state index contributed by atoms with van der Waals surface area (Å²) in [5.41, 5.74) is 3.48. The first-order valence-electron chi connectivity index (χ1n) is 9.72. The summed E-state index contributed by atoms with van der Waals surface area (Å²) in [6.07, 6.45) is -0.209. The Labute approximate surface area is 191 Å². The number of nitrogens with one attached hydrogen (secondary N) is 1. The Morgan fingerprint density at radius 1 is 0.935 bits per heavy atom. The molecule has 0 aliphatic carbocycles. The van der Waals surface area contributed by atoms with Gasteiger partial charge in [0.15, 0.2) is 5.78 Å². The van der Waals surface area contributed by atoms with Crippen molar-refractivity contribution in [1.29, 1.82) is 0 Å². The zero-order chi connectivity index (χ0) is 22.7. The van der Waals surface area contributed by atoms with Gasteiger partial charge in [-0.25, -0.2) is 0 Å². The van der Waals surface area contributed by atoms with Crippen LogP contribution in [0.2, 0.25) is 10.0 Å². The van der Waals surface area contributed by atoms with Gasteiger partial charge in [-0.2, -0.15) is 0 Å². The van der Waals surface area contributed by atoms with Gasteiger partial charge in [0.1, 0.15) is 11.7 Å². The van der Waals surface area contributed by atoms with Crippen molar-refractivity contribution in [2.45, 2.75) is 27.2 Å². The SMILES string of the molecule is CC(=O)C(CC(=O)c1cc(C)n(-c2ccc(Cl)cc2)c1C)C(=O)Nc1ccc(Cl)cc1. The van der Waals surface area contributed by atoms with Crippen molar-refractivity contribution in [3.63, 3.8) is 0 Å². The molecule has 0 spiro atoms. The lowest BCUT2D eigenvalue weighted by Gasteiger charge is -2.14. The van der Waals surface area contributed by atoms with E-state index in [1.165, 1.54) is 6.92 Å². The molecule has 3 rings (SSSR count). The van der Waals surface area contributed by atoms with Crippen LogP contribution in [0.25, 0.3) is 5.69 Å². The van der Waals surface area contributed by atoms with Crippen molar-refractivity contribution >= 4 is 46.4 Å². The predicted octanol–water partition coefficient (Wildman–Crippen LogP) is 5.82. The number of amides is 1. The number of hydrogen-bond donors (Lipinski definition) is 1. The van der Waals surface area contributed by atoms with Crippen molar-refractivity contribution in [2.24, 2.45) is 5.92 Å². The van der Waals surface area contributed by atoms with E-state index in [9.17, 15) is 14.4 Å². The van der Waals surface area contributed by atoms with Crippen molar-refractivity contribution in [2.75, 3.05) is 5.32 Å². The lowest BCUT2D eigenvalue weighted by atomic mass is 9.94. The molecule has 7 heteroatoms. The van der Waals surface area contributed by atoms with Crippen LogP contribution in [0, 0.1) is 19.8 Å². The summed E-state index contributed by atoms with van der Waals surface area (Å²) in [5, 5.41) is 3.84. The average molecular weight is 457 g/mol. The van der Waals surface area contributed by atoms with E-state index in [1.54, 1.807) is 42.5 Å². The molecule has 0 radical (unpaired) electrons. The normalized spacial score (nSPS) is 11.8. The molecule has 160 valence electrons. The van der Waals surface area contributed by atoms with Crippen LogP contribution < -0.4 is 5.32 Å². The van der Waals surface area contributed by atoms with Crippen LogP contribution >= 0.6 is 23.2 Å². The van der Waals surface area contributed by atoms with Gasteiger partial charge in [-0.05, 0) is 75.4 Å². The summed E-state index contributed by atoms with van der Waals surface area (Å²) < 4.78 is 1.94. The summed E-state index contributed by atoms with van der Waals surface area (Å²) >= 11 is 11.8. The van der Waals surface area contributed by atoms with Crippen molar-refractivity contribution in [1.82, 2.24) is 4.57 Å². The molecule has 1 atom stereocenters. The zero-order valence-electron chi connectivity index (χ0n) is 17.4. The fraction of sp³-hybridized carbons (Fsp3) is 0.208. The molecular formula is C24H22Cl2N2O3. The first-order chi connectivity index (χ1) is 14.7. The van der Waals surface area contributed by atoms with Crippen molar-refractivity contribution < 1.29 is 14.4 Å². The van der Waals surface area contributed by atoms with Gasteiger partial charge in [0.05, 0.1) is 0 Å². The Hall–Kier alpha value is -2.89. The quantitative estimate of drug-likeness (QED) is 0.359. The third-order valence-electron chi connectivity index (χ3n) is 5.12. The number of halogens is 2. The number of carbonyl (C=O) groups is 3. The molecule has 1 aromatic heterocycles. The van der Waals surface area contributed by atoms with Gasteiger partial charge < -0.3 is 9.88 Å². The summed E-state index contributed by atoms with van der Waals surface area (Å²) in [6, 6.07) is 15.6. The summed E-state index contributed by atoms with van der Waals surface area (Å²) in [4.78, 5) is 37.9. The Morgan fingerprint density at radius 2 is 1.48 bits per heavy atom. The summed E-state index contributed by atoms with van der Waals surface area (Å²) in [7, 11) is 0. The van der Waals surface area contributed by atoms with E-state index in [4.69, 9.17) is 23.2 Å². The molecule has 0 bridgehead atoms. The smallest absolute Gasteiger partial charge is 0.235 e. The number of carbonyl (C=O) groups excluding carboxylic acids is 3. The molecule has 0 saturated heterocycles. The number of ketones is 2. The maximum atomic E-state index is 13.0. The average Bonchev–Trinajstić information content (AvgIpc) is 3.02. The van der Waals surface area contributed by atoms with E-state index in [1.807, 2.05) is 30.5 Å². The zero-order valence-corrected chi connectivity index (χ0v) is 18.9. The molecule has 31 heavy (non-hydrogen) atoms. The highest BCUT2D eigenvalue weighted by Crippen LogP contribution is 2.25. The molecule has 3 aromatic rings. The third-order valence-corrected chi connectivity index (χ3v) is 5.63. The van der Waals surface area contributed by atoms with Gasteiger partial charge in [0.2, 0.25) is 5.91 Å².